The maximum Gasteiger partial charge on any atom is 0.420 e. The number of aromatic nitrogens is 4. The van der Waals surface area contributed by atoms with Crippen LogP contribution in [-0.4, -0.2) is 42.9 Å². The van der Waals surface area contributed by atoms with Crippen molar-refractivity contribution in [3.63, 3.8) is 0 Å². The molecule has 0 fully saturated rings. The summed E-state index contributed by atoms with van der Waals surface area (Å²) in [7, 11) is 0. The molecule has 4 aromatic heterocycles. The van der Waals surface area contributed by atoms with Gasteiger partial charge in [0.05, 0.1) is 18.5 Å². The topological polar surface area (TPSA) is 103 Å². The molecular formula is C45H66FN5O4. The fraction of sp³-hybridized carbons (Fsp3) is 0.600. The summed E-state index contributed by atoms with van der Waals surface area (Å²) in [6.07, 6.45) is 12.7. The third kappa shape index (κ3) is 10.8. The van der Waals surface area contributed by atoms with Gasteiger partial charge in [-0.05, 0) is 100 Å². The number of fused-ring (bicyclic) bond motifs is 1. The predicted octanol–water partition coefficient (Wildman–Crippen LogP) is 11.9. The summed E-state index contributed by atoms with van der Waals surface area (Å²) in [5, 5.41) is 12.4. The van der Waals surface area contributed by atoms with Crippen LogP contribution in [0.4, 0.5) is 20.7 Å². The van der Waals surface area contributed by atoms with Crippen LogP contribution in [0.2, 0.25) is 0 Å². The minimum Gasteiger partial charge on any atom is -0.478 e. The Labute approximate surface area is 329 Å². The Morgan fingerprint density at radius 1 is 0.873 bits per heavy atom. The molecule has 0 saturated heterocycles. The van der Waals surface area contributed by atoms with E-state index >= 15 is 4.39 Å². The van der Waals surface area contributed by atoms with Crippen molar-refractivity contribution < 1.29 is 23.8 Å². The van der Waals surface area contributed by atoms with Crippen molar-refractivity contribution in [2.45, 2.75) is 146 Å². The van der Waals surface area contributed by atoms with Gasteiger partial charge in [-0.1, -0.05) is 80.1 Å². The number of halogens is 1. The number of aryl methyl sites for hydroxylation is 2. The first-order valence-electron chi connectivity index (χ1n) is 20.4. The molecule has 0 aliphatic rings. The lowest BCUT2D eigenvalue weighted by Crippen LogP contribution is -2.38. The number of hydrogen-bond acceptors (Lipinski definition) is 7. The van der Waals surface area contributed by atoms with E-state index in [9.17, 15) is 9.90 Å². The van der Waals surface area contributed by atoms with Crippen LogP contribution in [-0.2, 0) is 11.3 Å². The molecule has 9 nitrogen and oxygen atoms in total. The zero-order valence-corrected chi connectivity index (χ0v) is 35.3. The molecule has 302 valence electrons. The Balaban J connectivity index is 1.44. The number of nitrogens with zero attached hydrogens (tertiary/aromatic N) is 5. The summed E-state index contributed by atoms with van der Waals surface area (Å²) in [5.74, 6) is 1.53. The molecule has 10 heteroatoms. The predicted molar refractivity (Wildman–Crippen MR) is 220 cm³/mol. The molecule has 0 spiro atoms. The monoisotopic (exact) mass is 760 g/mol. The molecule has 1 amide bonds. The van der Waals surface area contributed by atoms with Gasteiger partial charge in [-0.2, -0.15) is 4.39 Å². The summed E-state index contributed by atoms with van der Waals surface area (Å²) in [6, 6.07) is 8.19. The van der Waals surface area contributed by atoms with Gasteiger partial charge in [0.15, 0.2) is 0 Å². The van der Waals surface area contributed by atoms with Crippen molar-refractivity contribution >= 4 is 28.6 Å². The van der Waals surface area contributed by atoms with Crippen molar-refractivity contribution in [3.8, 4) is 5.88 Å². The van der Waals surface area contributed by atoms with Gasteiger partial charge in [0, 0.05) is 41.5 Å². The average molecular weight is 760 g/mol. The fourth-order valence-electron chi connectivity index (χ4n) is 8.46. The molecule has 4 heterocycles. The molecule has 0 aromatic carbocycles. The van der Waals surface area contributed by atoms with Crippen molar-refractivity contribution in [2.24, 2.45) is 23.2 Å². The van der Waals surface area contributed by atoms with Gasteiger partial charge in [0.1, 0.15) is 23.2 Å². The second-order valence-corrected chi connectivity index (χ2v) is 17.0. The number of anilines is 2. The van der Waals surface area contributed by atoms with E-state index in [1.165, 1.54) is 56.9 Å². The highest BCUT2D eigenvalue weighted by atomic mass is 19.1. The normalized spacial score (nSPS) is 12.9. The standard InChI is InChI=1S/C45H66FN5O4/c1-12-54-39-23-20-34(28-47-39)51(43(53)55-44(9,10)11)38-22-21-35(41(46)49-38)40(52)37-29-50(42-36(37)26-33(8)27-48-42)25-19-17-15-13-14-16-18-24-45(30(2)3,31(4)5)32(6)7/h20-23,26-32,40,52H,12-19,24-25H2,1-11H3. The number of aliphatic hydroxyl groups is 1. The first-order valence-corrected chi connectivity index (χ1v) is 20.4. The SMILES string of the molecule is CCOc1ccc(N(C(=O)OC(C)(C)C)c2ccc(C(O)c3cn(CCCCCCCCCC(C(C)C)(C(C)C)C(C)C)c4ncc(C)cc34)c(F)n2)cn1. The van der Waals surface area contributed by atoms with Crippen LogP contribution < -0.4 is 9.64 Å². The summed E-state index contributed by atoms with van der Waals surface area (Å²) in [6.45, 7) is 24.6. The zero-order valence-electron chi connectivity index (χ0n) is 35.3. The third-order valence-electron chi connectivity index (χ3n) is 11.1. The van der Waals surface area contributed by atoms with E-state index in [1.807, 2.05) is 32.3 Å². The highest BCUT2D eigenvalue weighted by Crippen LogP contribution is 2.47. The lowest BCUT2D eigenvalue weighted by molar-refractivity contribution is 0.0356. The Bertz CT molecular complexity index is 1810. The van der Waals surface area contributed by atoms with Crippen LogP contribution in [0.15, 0.2) is 48.9 Å². The third-order valence-corrected chi connectivity index (χ3v) is 11.1. The van der Waals surface area contributed by atoms with E-state index < -0.39 is 23.7 Å². The molecule has 0 bridgehead atoms. The number of rotatable bonds is 19. The molecule has 0 saturated carbocycles. The largest absolute Gasteiger partial charge is 0.478 e. The molecule has 0 radical (unpaired) electrons. The Kier molecular flexibility index (Phi) is 15.2. The van der Waals surface area contributed by atoms with E-state index in [1.54, 1.807) is 32.9 Å². The average Bonchev–Trinajstić information content (AvgIpc) is 3.46. The van der Waals surface area contributed by atoms with E-state index in [0.717, 1.165) is 40.9 Å². The molecule has 4 aromatic rings. The molecule has 0 aliphatic carbocycles. The van der Waals surface area contributed by atoms with Crippen molar-refractivity contribution in [3.05, 3.63) is 71.6 Å². The van der Waals surface area contributed by atoms with Crippen LogP contribution in [0.3, 0.4) is 0 Å². The highest BCUT2D eigenvalue weighted by Gasteiger charge is 2.39. The first kappa shape index (κ1) is 43.7. The number of amides is 1. The second-order valence-electron chi connectivity index (χ2n) is 17.0. The fourth-order valence-corrected chi connectivity index (χ4v) is 8.46. The van der Waals surface area contributed by atoms with Crippen molar-refractivity contribution in [2.75, 3.05) is 11.5 Å². The number of carbonyl (C=O) groups is 1. The number of hydrogen-bond donors (Lipinski definition) is 1. The van der Waals surface area contributed by atoms with Crippen LogP contribution in [0.25, 0.3) is 11.0 Å². The maximum absolute atomic E-state index is 16.0. The quantitative estimate of drug-likeness (QED) is 0.0750. The minimum atomic E-state index is -1.31. The number of ether oxygens (including phenoxy) is 2. The number of aliphatic hydroxyl groups excluding tert-OH is 1. The highest BCUT2D eigenvalue weighted by molar-refractivity contribution is 5.95. The maximum atomic E-state index is 16.0. The Hall–Kier alpha value is -4.05. The summed E-state index contributed by atoms with van der Waals surface area (Å²) < 4.78 is 29.1. The van der Waals surface area contributed by atoms with Crippen molar-refractivity contribution in [1.29, 1.82) is 0 Å². The van der Waals surface area contributed by atoms with E-state index in [0.29, 0.717) is 46.9 Å². The van der Waals surface area contributed by atoms with Crippen LogP contribution in [0.1, 0.15) is 143 Å². The number of carbonyl (C=O) groups excluding carboxylic acids is 1. The lowest BCUT2D eigenvalue weighted by Gasteiger charge is -2.45. The molecular weight excluding hydrogens is 694 g/mol. The van der Waals surface area contributed by atoms with Gasteiger partial charge >= 0.3 is 6.09 Å². The number of pyridine rings is 3. The molecule has 1 atom stereocenters. The molecule has 1 N–H and O–H groups in total. The minimum absolute atomic E-state index is 0.00862. The van der Waals surface area contributed by atoms with Gasteiger partial charge in [-0.3, -0.25) is 0 Å². The second kappa shape index (κ2) is 19.2. The van der Waals surface area contributed by atoms with Crippen molar-refractivity contribution in [1.82, 2.24) is 19.5 Å². The Morgan fingerprint density at radius 2 is 1.51 bits per heavy atom. The van der Waals surface area contributed by atoms with Gasteiger partial charge in [-0.25, -0.2) is 24.6 Å². The van der Waals surface area contributed by atoms with E-state index in [2.05, 4.69) is 56.1 Å². The van der Waals surface area contributed by atoms with Crippen LogP contribution in [0, 0.1) is 36.0 Å². The summed E-state index contributed by atoms with van der Waals surface area (Å²) in [5.41, 5.74) is 2.16. The van der Waals surface area contributed by atoms with E-state index in [-0.39, 0.29) is 11.4 Å². The summed E-state index contributed by atoms with van der Waals surface area (Å²) >= 11 is 0. The molecule has 0 aliphatic heterocycles. The van der Waals surface area contributed by atoms with Gasteiger partial charge in [-0.15, -0.1) is 0 Å². The number of unbranched alkanes of at least 4 members (excludes halogenated alkanes) is 6. The zero-order chi connectivity index (χ0) is 40.5. The van der Waals surface area contributed by atoms with E-state index in [4.69, 9.17) is 14.5 Å². The summed E-state index contributed by atoms with van der Waals surface area (Å²) in [4.78, 5) is 27.7. The van der Waals surface area contributed by atoms with Crippen LogP contribution in [0.5, 0.6) is 5.88 Å². The molecule has 1 unspecified atom stereocenters. The lowest BCUT2D eigenvalue weighted by atomic mass is 9.60. The van der Waals surface area contributed by atoms with Crippen LogP contribution >= 0.6 is 0 Å². The molecule has 55 heavy (non-hydrogen) atoms. The first-order chi connectivity index (χ1) is 26.0. The Morgan fingerprint density at radius 3 is 2.07 bits per heavy atom. The van der Waals surface area contributed by atoms with Gasteiger partial charge in [0.25, 0.3) is 0 Å². The molecule has 4 rings (SSSR count). The van der Waals surface area contributed by atoms with Gasteiger partial charge in [0.2, 0.25) is 11.8 Å². The smallest absolute Gasteiger partial charge is 0.420 e. The van der Waals surface area contributed by atoms with Gasteiger partial charge < -0.3 is 19.1 Å².